The topological polar surface area (TPSA) is 135 Å². The minimum atomic E-state index is -1.30. The SMILES string of the molecule is CCCCCCCC(=O)OCCCCC(=O)OCC(COC(=O)CCCN(C)C)(COC(=O)CC(CCCCC)CCCCC)COC(=O)CC(CCCCC)CCCCC. The van der Waals surface area contributed by atoms with Crippen LogP contribution in [0.3, 0.4) is 0 Å². The lowest BCUT2D eigenvalue weighted by molar-refractivity contribution is -0.171. The predicted molar refractivity (Wildman–Crippen MR) is 245 cm³/mol. The fourth-order valence-corrected chi connectivity index (χ4v) is 7.39. The van der Waals surface area contributed by atoms with Crippen molar-refractivity contribution in [3.05, 3.63) is 0 Å². The van der Waals surface area contributed by atoms with Gasteiger partial charge in [-0.25, -0.2) is 0 Å². The summed E-state index contributed by atoms with van der Waals surface area (Å²) in [6.07, 6.45) is 24.9. The molecule has 0 fully saturated rings. The van der Waals surface area contributed by atoms with Gasteiger partial charge < -0.3 is 28.6 Å². The highest BCUT2D eigenvalue weighted by Crippen LogP contribution is 2.27. The van der Waals surface area contributed by atoms with Crippen molar-refractivity contribution in [1.82, 2.24) is 4.90 Å². The number of rotatable bonds is 43. The van der Waals surface area contributed by atoms with E-state index in [4.69, 9.17) is 23.7 Å². The van der Waals surface area contributed by atoms with Gasteiger partial charge >= 0.3 is 29.8 Å². The second-order valence-electron chi connectivity index (χ2n) is 18.0. The van der Waals surface area contributed by atoms with Gasteiger partial charge in [0.2, 0.25) is 0 Å². The van der Waals surface area contributed by atoms with Crippen LogP contribution in [0.4, 0.5) is 0 Å². The van der Waals surface area contributed by atoms with Gasteiger partial charge in [-0.1, -0.05) is 137 Å². The van der Waals surface area contributed by atoms with Crippen molar-refractivity contribution in [2.45, 2.75) is 221 Å². The van der Waals surface area contributed by atoms with E-state index in [1.54, 1.807) is 0 Å². The van der Waals surface area contributed by atoms with Crippen LogP contribution in [0.15, 0.2) is 0 Å². The highest BCUT2D eigenvalue weighted by atomic mass is 16.6. The molecule has 11 heteroatoms. The summed E-state index contributed by atoms with van der Waals surface area (Å²) in [5.41, 5.74) is -1.30. The van der Waals surface area contributed by atoms with Gasteiger partial charge in [0, 0.05) is 32.1 Å². The Hall–Kier alpha value is -2.69. The summed E-state index contributed by atoms with van der Waals surface area (Å²) in [5, 5.41) is 0. The van der Waals surface area contributed by atoms with Crippen LogP contribution in [-0.2, 0) is 47.7 Å². The number of hydrogen-bond donors (Lipinski definition) is 0. The van der Waals surface area contributed by atoms with E-state index in [-0.39, 0.29) is 88.5 Å². The van der Waals surface area contributed by atoms with Crippen LogP contribution in [-0.4, -0.2) is 88.4 Å². The third-order valence-electron chi connectivity index (χ3n) is 11.4. The highest BCUT2D eigenvalue weighted by Gasteiger charge is 2.38. The van der Waals surface area contributed by atoms with Crippen molar-refractivity contribution >= 4 is 29.8 Å². The summed E-state index contributed by atoms with van der Waals surface area (Å²) in [6.45, 7) is 10.8. The van der Waals surface area contributed by atoms with E-state index in [1.165, 1.54) is 6.42 Å². The predicted octanol–water partition coefficient (Wildman–Crippen LogP) is 11.9. The summed E-state index contributed by atoms with van der Waals surface area (Å²) in [5.74, 6) is -1.45. The van der Waals surface area contributed by atoms with Gasteiger partial charge in [0.1, 0.15) is 31.8 Å². The lowest BCUT2D eigenvalue weighted by Gasteiger charge is -2.32. The van der Waals surface area contributed by atoms with Crippen molar-refractivity contribution in [2.24, 2.45) is 17.3 Å². The van der Waals surface area contributed by atoms with E-state index in [9.17, 15) is 24.0 Å². The lowest BCUT2D eigenvalue weighted by Crippen LogP contribution is -2.44. The lowest BCUT2D eigenvalue weighted by atomic mass is 9.90. The van der Waals surface area contributed by atoms with Crippen LogP contribution in [0.5, 0.6) is 0 Å². The Labute approximate surface area is 373 Å². The van der Waals surface area contributed by atoms with E-state index in [1.807, 2.05) is 19.0 Å². The Kier molecular flexibility index (Phi) is 38.3. The summed E-state index contributed by atoms with van der Waals surface area (Å²) >= 11 is 0. The molecule has 0 aromatic heterocycles. The van der Waals surface area contributed by atoms with Gasteiger partial charge in [0.25, 0.3) is 0 Å². The van der Waals surface area contributed by atoms with Crippen molar-refractivity contribution in [3.8, 4) is 0 Å². The number of carbonyl (C=O) groups excluding carboxylic acids is 5. The first-order chi connectivity index (χ1) is 29.4. The molecule has 0 saturated heterocycles. The molecule has 0 aliphatic rings. The van der Waals surface area contributed by atoms with Gasteiger partial charge in [-0.05, 0) is 83.8 Å². The Morgan fingerprint density at radius 3 is 1.11 bits per heavy atom. The zero-order valence-electron chi connectivity index (χ0n) is 40.4. The number of nitrogens with zero attached hydrogens (tertiary/aromatic N) is 1. The minimum Gasteiger partial charge on any atom is -0.466 e. The van der Waals surface area contributed by atoms with Crippen LogP contribution in [0, 0.1) is 17.3 Å². The largest absolute Gasteiger partial charge is 0.466 e. The van der Waals surface area contributed by atoms with E-state index in [0.29, 0.717) is 32.2 Å². The zero-order valence-corrected chi connectivity index (χ0v) is 40.4. The van der Waals surface area contributed by atoms with E-state index in [2.05, 4.69) is 34.6 Å². The standard InChI is InChI=1S/C50H93NO10/c1-8-13-18-19-24-32-45(52)57-36-26-25-33-46(53)58-39-50(40-59-47(54)34-27-35-51(6)7,41-60-48(55)37-43(28-20-14-9-2)29-21-15-10-3)42-61-49(56)38-44(30-22-16-11-4)31-23-17-12-5/h43-44H,8-42H2,1-7H3. The highest BCUT2D eigenvalue weighted by molar-refractivity contribution is 5.71. The molecule has 358 valence electrons. The van der Waals surface area contributed by atoms with Crippen LogP contribution >= 0.6 is 0 Å². The maximum Gasteiger partial charge on any atom is 0.306 e. The van der Waals surface area contributed by atoms with Gasteiger partial charge in [-0.3, -0.25) is 24.0 Å². The molecule has 61 heavy (non-hydrogen) atoms. The second kappa shape index (κ2) is 40.1. The summed E-state index contributed by atoms with van der Waals surface area (Å²) in [6, 6.07) is 0. The summed E-state index contributed by atoms with van der Waals surface area (Å²) in [4.78, 5) is 67.4. The van der Waals surface area contributed by atoms with Crippen LogP contribution in [0.25, 0.3) is 0 Å². The van der Waals surface area contributed by atoms with Crippen LogP contribution in [0.1, 0.15) is 221 Å². The van der Waals surface area contributed by atoms with E-state index >= 15 is 0 Å². The molecular weight excluding hydrogens is 775 g/mol. The maximum atomic E-state index is 13.5. The maximum absolute atomic E-state index is 13.5. The molecular formula is C50H93NO10. The fourth-order valence-electron chi connectivity index (χ4n) is 7.39. The molecule has 0 aliphatic heterocycles. The van der Waals surface area contributed by atoms with Gasteiger partial charge in [0.05, 0.1) is 6.61 Å². The molecule has 0 spiro atoms. The Balaban J connectivity index is 6.06. The molecule has 0 atom stereocenters. The molecule has 0 aliphatic carbocycles. The normalized spacial score (nSPS) is 11.6. The Bertz CT molecular complexity index is 1050. The van der Waals surface area contributed by atoms with E-state index < -0.39 is 17.4 Å². The number of esters is 5. The van der Waals surface area contributed by atoms with Crippen molar-refractivity contribution in [2.75, 3.05) is 53.7 Å². The van der Waals surface area contributed by atoms with Crippen molar-refractivity contribution in [3.63, 3.8) is 0 Å². The van der Waals surface area contributed by atoms with Crippen LogP contribution < -0.4 is 0 Å². The molecule has 0 rings (SSSR count). The van der Waals surface area contributed by atoms with E-state index in [0.717, 1.165) is 128 Å². The number of hydrogen-bond acceptors (Lipinski definition) is 11. The first-order valence-corrected chi connectivity index (χ1v) is 24.9. The molecule has 0 radical (unpaired) electrons. The third kappa shape index (κ3) is 35.5. The summed E-state index contributed by atoms with van der Waals surface area (Å²) < 4.78 is 29.0. The van der Waals surface area contributed by atoms with Gasteiger partial charge in [0.15, 0.2) is 0 Å². The quantitative estimate of drug-likeness (QED) is 0.0329. The average Bonchev–Trinajstić information content (AvgIpc) is 3.23. The zero-order chi connectivity index (χ0) is 45.4. The average molecular weight is 868 g/mol. The second-order valence-corrected chi connectivity index (χ2v) is 18.0. The van der Waals surface area contributed by atoms with Gasteiger partial charge in [-0.2, -0.15) is 0 Å². The monoisotopic (exact) mass is 868 g/mol. The molecule has 0 heterocycles. The van der Waals surface area contributed by atoms with Crippen molar-refractivity contribution < 1.29 is 47.7 Å². The number of carbonyl (C=O) groups is 5. The van der Waals surface area contributed by atoms with Crippen LogP contribution in [0.2, 0.25) is 0 Å². The molecule has 0 N–H and O–H groups in total. The van der Waals surface area contributed by atoms with Gasteiger partial charge in [-0.15, -0.1) is 0 Å². The Morgan fingerprint density at radius 1 is 0.393 bits per heavy atom. The summed E-state index contributed by atoms with van der Waals surface area (Å²) in [7, 11) is 3.87. The molecule has 0 unspecified atom stereocenters. The molecule has 0 saturated carbocycles. The molecule has 11 nitrogen and oxygen atoms in total. The first kappa shape index (κ1) is 58.3. The fraction of sp³-hybridized carbons (Fsp3) is 0.900. The first-order valence-electron chi connectivity index (χ1n) is 24.9. The molecule has 0 aromatic carbocycles. The third-order valence-corrected chi connectivity index (χ3v) is 11.4. The number of ether oxygens (including phenoxy) is 5. The Morgan fingerprint density at radius 2 is 0.721 bits per heavy atom. The number of unbranched alkanes of at least 4 members (excludes halogenated alkanes) is 13. The molecule has 0 amide bonds. The molecule has 0 aromatic rings. The minimum absolute atomic E-state index is 0.0863. The smallest absolute Gasteiger partial charge is 0.306 e. The molecule has 0 bridgehead atoms. The van der Waals surface area contributed by atoms with Crippen molar-refractivity contribution in [1.29, 1.82) is 0 Å².